The molecule has 1 amide bonds. The molecule has 32 heavy (non-hydrogen) atoms. The Morgan fingerprint density at radius 3 is 2.50 bits per heavy atom. The van der Waals surface area contributed by atoms with E-state index in [9.17, 15) is 9.59 Å². The van der Waals surface area contributed by atoms with E-state index in [4.69, 9.17) is 0 Å². The van der Waals surface area contributed by atoms with Crippen LogP contribution in [-0.2, 0) is 6.42 Å². The summed E-state index contributed by atoms with van der Waals surface area (Å²) < 4.78 is 0. The molecule has 0 unspecified atom stereocenters. The van der Waals surface area contributed by atoms with E-state index in [-0.39, 0.29) is 11.5 Å². The zero-order valence-corrected chi connectivity index (χ0v) is 17.8. The number of benzene rings is 2. The van der Waals surface area contributed by atoms with Crippen molar-refractivity contribution in [2.45, 2.75) is 13.3 Å². The van der Waals surface area contributed by atoms with Crippen molar-refractivity contribution in [3.8, 4) is 11.3 Å². The lowest BCUT2D eigenvalue weighted by Gasteiger charge is -2.35. The number of piperazine rings is 1. The van der Waals surface area contributed by atoms with E-state index in [2.05, 4.69) is 27.1 Å². The first-order chi connectivity index (χ1) is 15.6. The van der Waals surface area contributed by atoms with Crippen LogP contribution in [0.15, 0.2) is 59.4 Å². The Hall–Kier alpha value is -3.94. The number of rotatable bonds is 4. The van der Waals surface area contributed by atoms with Crippen LogP contribution >= 0.6 is 0 Å². The van der Waals surface area contributed by atoms with Crippen LogP contribution in [0.5, 0.6) is 0 Å². The smallest absolute Gasteiger partial charge is 0.260 e. The molecule has 1 aliphatic rings. The molecule has 0 saturated carbocycles. The quantitative estimate of drug-likeness (QED) is 0.521. The SMILES string of the molecule is CCc1cc(-c2ccc(C(=O)N3CCN(c4nc5ccccc5c(=O)[nH]4)CC3)cc2)n[nH]1. The van der Waals surface area contributed by atoms with Gasteiger partial charge in [-0.05, 0) is 36.8 Å². The van der Waals surface area contributed by atoms with Crippen molar-refractivity contribution >= 4 is 22.8 Å². The Kier molecular flexibility index (Phi) is 5.18. The Balaban J connectivity index is 1.26. The molecule has 5 rings (SSSR count). The molecule has 162 valence electrons. The molecule has 8 heteroatoms. The Bertz CT molecular complexity index is 1320. The zero-order valence-electron chi connectivity index (χ0n) is 17.8. The van der Waals surface area contributed by atoms with Gasteiger partial charge in [0.05, 0.1) is 16.6 Å². The number of amides is 1. The van der Waals surface area contributed by atoms with Crippen LogP contribution in [0.2, 0.25) is 0 Å². The summed E-state index contributed by atoms with van der Waals surface area (Å²) in [7, 11) is 0. The second-order valence-corrected chi connectivity index (χ2v) is 7.90. The first-order valence-corrected chi connectivity index (χ1v) is 10.8. The number of fused-ring (bicyclic) bond motifs is 1. The average molecular weight is 428 g/mol. The van der Waals surface area contributed by atoms with Crippen LogP contribution in [0.1, 0.15) is 23.0 Å². The Labute approximate surface area is 184 Å². The van der Waals surface area contributed by atoms with Crippen molar-refractivity contribution in [1.82, 2.24) is 25.1 Å². The number of hydrogen-bond acceptors (Lipinski definition) is 5. The van der Waals surface area contributed by atoms with Gasteiger partial charge in [-0.1, -0.05) is 31.2 Å². The molecule has 0 bridgehead atoms. The number of aryl methyl sites for hydroxylation is 1. The van der Waals surface area contributed by atoms with E-state index in [0.717, 1.165) is 23.4 Å². The standard InChI is InChI=1S/C24H24N6O2/c1-2-18-15-21(28-27-18)16-7-9-17(10-8-16)23(32)29-11-13-30(14-12-29)24-25-20-6-4-3-5-19(20)22(31)26-24/h3-10,15H,2,11-14H2,1H3,(H,27,28)(H,25,26,31). The summed E-state index contributed by atoms with van der Waals surface area (Å²) in [5, 5.41) is 7.92. The van der Waals surface area contributed by atoms with Crippen LogP contribution in [0.25, 0.3) is 22.2 Å². The van der Waals surface area contributed by atoms with E-state index in [1.807, 2.05) is 58.3 Å². The van der Waals surface area contributed by atoms with Gasteiger partial charge in [0, 0.05) is 43.0 Å². The van der Waals surface area contributed by atoms with Gasteiger partial charge in [0.15, 0.2) is 0 Å². The molecule has 2 N–H and O–H groups in total. The number of carbonyl (C=O) groups is 1. The topological polar surface area (TPSA) is 98.0 Å². The molecule has 8 nitrogen and oxygen atoms in total. The predicted molar refractivity (Wildman–Crippen MR) is 124 cm³/mol. The molecule has 1 fully saturated rings. The third kappa shape index (κ3) is 3.75. The van der Waals surface area contributed by atoms with E-state index in [0.29, 0.717) is 48.6 Å². The fourth-order valence-corrected chi connectivity index (χ4v) is 4.00. The minimum atomic E-state index is -0.146. The van der Waals surface area contributed by atoms with Crippen LogP contribution in [0.4, 0.5) is 5.95 Å². The van der Waals surface area contributed by atoms with Crippen molar-refractivity contribution in [1.29, 1.82) is 0 Å². The van der Waals surface area contributed by atoms with E-state index < -0.39 is 0 Å². The molecule has 1 saturated heterocycles. The van der Waals surface area contributed by atoms with Gasteiger partial charge in [-0.25, -0.2) is 4.98 Å². The lowest BCUT2D eigenvalue weighted by atomic mass is 10.1. The monoisotopic (exact) mass is 428 g/mol. The molecule has 0 aliphatic carbocycles. The first kappa shape index (κ1) is 20.0. The first-order valence-electron chi connectivity index (χ1n) is 10.8. The maximum Gasteiger partial charge on any atom is 0.260 e. The Morgan fingerprint density at radius 1 is 1.03 bits per heavy atom. The van der Waals surface area contributed by atoms with Gasteiger partial charge in [0.2, 0.25) is 5.95 Å². The highest BCUT2D eigenvalue weighted by molar-refractivity contribution is 5.94. The molecule has 3 heterocycles. The van der Waals surface area contributed by atoms with Crippen molar-refractivity contribution < 1.29 is 4.79 Å². The molecule has 4 aromatic rings. The summed E-state index contributed by atoms with van der Waals surface area (Å²) in [6.45, 7) is 4.43. The number of H-pyrrole nitrogens is 2. The van der Waals surface area contributed by atoms with Gasteiger partial charge in [-0.3, -0.25) is 19.7 Å². The van der Waals surface area contributed by atoms with Crippen molar-refractivity contribution in [2.24, 2.45) is 0 Å². The molecule has 0 atom stereocenters. The van der Waals surface area contributed by atoms with Crippen LogP contribution in [-0.4, -0.2) is 57.2 Å². The van der Waals surface area contributed by atoms with Crippen LogP contribution in [0, 0.1) is 0 Å². The van der Waals surface area contributed by atoms with E-state index in [1.165, 1.54) is 0 Å². The van der Waals surface area contributed by atoms with Crippen molar-refractivity contribution in [3.05, 3.63) is 76.2 Å². The summed E-state index contributed by atoms with van der Waals surface area (Å²) in [6.07, 6.45) is 0.901. The maximum atomic E-state index is 13.0. The number of nitrogens with zero attached hydrogens (tertiary/aromatic N) is 4. The van der Waals surface area contributed by atoms with Crippen molar-refractivity contribution in [2.75, 3.05) is 31.1 Å². The highest BCUT2D eigenvalue weighted by Gasteiger charge is 2.23. The number of hydrogen-bond donors (Lipinski definition) is 2. The third-order valence-corrected chi connectivity index (χ3v) is 5.91. The predicted octanol–water partition coefficient (Wildman–Crippen LogP) is 2.84. The summed E-state index contributed by atoms with van der Waals surface area (Å²) in [5.41, 5.74) is 4.13. The number of aromatic nitrogens is 4. The minimum absolute atomic E-state index is 0.00689. The number of para-hydroxylation sites is 1. The van der Waals surface area contributed by atoms with Crippen LogP contribution < -0.4 is 10.5 Å². The van der Waals surface area contributed by atoms with Gasteiger partial charge in [0.25, 0.3) is 11.5 Å². The zero-order chi connectivity index (χ0) is 22.1. The molecule has 0 spiro atoms. The van der Waals surface area contributed by atoms with E-state index >= 15 is 0 Å². The van der Waals surface area contributed by atoms with Gasteiger partial charge in [-0.15, -0.1) is 0 Å². The second kappa shape index (κ2) is 8.30. The molecule has 2 aromatic heterocycles. The second-order valence-electron chi connectivity index (χ2n) is 7.90. The number of carbonyl (C=O) groups excluding carboxylic acids is 1. The average Bonchev–Trinajstić information content (AvgIpc) is 3.33. The Morgan fingerprint density at radius 2 is 1.78 bits per heavy atom. The van der Waals surface area contributed by atoms with E-state index in [1.54, 1.807) is 6.07 Å². The third-order valence-electron chi connectivity index (χ3n) is 5.91. The summed E-state index contributed by atoms with van der Waals surface area (Å²) in [6, 6.07) is 16.9. The molecule has 0 radical (unpaired) electrons. The van der Waals surface area contributed by atoms with Gasteiger partial charge in [-0.2, -0.15) is 5.10 Å². The largest absolute Gasteiger partial charge is 0.339 e. The number of nitrogens with one attached hydrogen (secondary N) is 2. The molecule has 1 aliphatic heterocycles. The molecular weight excluding hydrogens is 404 g/mol. The molecule has 2 aromatic carbocycles. The van der Waals surface area contributed by atoms with Gasteiger partial charge < -0.3 is 9.80 Å². The summed E-state index contributed by atoms with van der Waals surface area (Å²) in [4.78, 5) is 36.7. The lowest BCUT2D eigenvalue weighted by molar-refractivity contribution is 0.0746. The van der Waals surface area contributed by atoms with Gasteiger partial charge in [0.1, 0.15) is 0 Å². The van der Waals surface area contributed by atoms with Gasteiger partial charge >= 0.3 is 0 Å². The van der Waals surface area contributed by atoms with Crippen molar-refractivity contribution in [3.63, 3.8) is 0 Å². The summed E-state index contributed by atoms with van der Waals surface area (Å²) in [5.74, 6) is 0.558. The minimum Gasteiger partial charge on any atom is -0.339 e. The molecular formula is C24H24N6O2. The number of aromatic amines is 2. The summed E-state index contributed by atoms with van der Waals surface area (Å²) >= 11 is 0. The lowest BCUT2D eigenvalue weighted by Crippen LogP contribution is -2.49. The normalized spacial score (nSPS) is 14.2. The number of anilines is 1. The van der Waals surface area contributed by atoms with Crippen LogP contribution in [0.3, 0.4) is 0 Å². The fourth-order valence-electron chi connectivity index (χ4n) is 4.00. The highest BCUT2D eigenvalue weighted by atomic mass is 16.2. The fraction of sp³-hybridized carbons (Fsp3) is 0.250. The maximum absolute atomic E-state index is 13.0. The highest BCUT2D eigenvalue weighted by Crippen LogP contribution is 2.20.